The third-order valence-electron chi connectivity index (χ3n) is 6.35. The minimum atomic E-state index is -0.105. The third kappa shape index (κ3) is 4.05. The molecule has 2 aromatic heterocycles. The van der Waals surface area contributed by atoms with Crippen LogP contribution in [0.5, 0.6) is 5.75 Å². The highest BCUT2D eigenvalue weighted by molar-refractivity contribution is 5.95. The van der Waals surface area contributed by atoms with E-state index in [1.165, 1.54) is 5.56 Å². The first kappa shape index (κ1) is 21.8. The van der Waals surface area contributed by atoms with Gasteiger partial charge in [-0.2, -0.15) is 5.10 Å². The second kappa shape index (κ2) is 9.09. The van der Waals surface area contributed by atoms with Crippen molar-refractivity contribution in [3.05, 3.63) is 88.9 Å². The van der Waals surface area contributed by atoms with Crippen LogP contribution in [0.4, 0.5) is 0 Å². The number of aromatic nitrogens is 4. The first-order valence-corrected chi connectivity index (χ1v) is 11.4. The molecule has 34 heavy (non-hydrogen) atoms. The third-order valence-corrected chi connectivity index (χ3v) is 6.35. The molecule has 0 aliphatic heterocycles. The van der Waals surface area contributed by atoms with Crippen molar-refractivity contribution in [3.8, 4) is 23.0 Å². The van der Waals surface area contributed by atoms with Gasteiger partial charge in [0, 0.05) is 25.4 Å². The summed E-state index contributed by atoms with van der Waals surface area (Å²) in [6.07, 6.45) is 6.55. The lowest BCUT2D eigenvalue weighted by atomic mass is 10.0. The fourth-order valence-electron chi connectivity index (χ4n) is 4.50. The number of methoxy groups -OCH3 is 1. The molecular weight excluding hydrogens is 426 g/mol. The molecule has 0 saturated heterocycles. The summed E-state index contributed by atoms with van der Waals surface area (Å²) in [7, 11) is 3.42. The van der Waals surface area contributed by atoms with Gasteiger partial charge in [-0.25, -0.2) is 14.6 Å². The summed E-state index contributed by atoms with van der Waals surface area (Å²) in [5.74, 6) is 1.14. The van der Waals surface area contributed by atoms with E-state index in [0.717, 1.165) is 47.4 Å². The molecule has 0 N–H and O–H groups in total. The van der Waals surface area contributed by atoms with Gasteiger partial charge in [0.15, 0.2) is 0 Å². The van der Waals surface area contributed by atoms with Gasteiger partial charge in [-0.3, -0.25) is 4.79 Å². The van der Waals surface area contributed by atoms with Gasteiger partial charge in [0.2, 0.25) is 0 Å². The Hall–Kier alpha value is -4.00. The number of aryl methyl sites for hydroxylation is 2. The maximum Gasteiger partial charge on any atom is 0.257 e. The van der Waals surface area contributed by atoms with Crippen LogP contribution in [0, 0.1) is 6.92 Å². The van der Waals surface area contributed by atoms with E-state index in [0.29, 0.717) is 23.8 Å². The topological polar surface area (TPSA) is 73.1 Å². The number of carbonyl (C=O) groups excluding carboxylic acids is 1. The number of carbonyl (C=O) groups is 1. The van der Waals surface area contributed by atoms with Crippen molar-refractivity contribution in [1.82, 2.24) is 24.6 Å². The summed E-state index contributed by atoms with van der Waals surface area (Å²) in [6.45, 7) is 2.34. The lowest BCUT2D eigenvalue weighted by molar-refractivity contribution is 0.0784. The molecular formula is C27H27N5O2. The van der Waals surface area contributed by atoms with Crippen LogP contribution in [0.25, 0.3) is 17.2 Å². The Labute approximate surface area is 199 Å². The van der Waals surface area contributed by atoms with Gasteiger partial charge in [0.1, 0.15) is 5.75 Å². The van der Waals surface area contributed by atoms with Gasteiger partial charge in [-0.15, -0.1) is 0 Å². The molecule has 2 aromatic carbocycles. The normalized spacial score (nSPS) is 12.4. The smallest absolute Gasteiger partial charge is 0.257 e. The summed E-state index contributed by atoms with van der Waals surface area (Å²) in [5.41, 5.74) is 6.79. The van der Waals surface area contributed by atoms with Crippen molar-refractivity contribution < 1.29 is 9.53 Å². The van der Waals surface area contributed by atoms with Gasteiger partial charge in [0.25, 0.3) is 11.9 Å². The summed E-state index contributed by atoms with van der Waals surface area (Å²) >= 11 is 0. The number of rotatable bonds is 5. The summed E-state index contributed by atoms with van der Waals surface area (Å²) in [4.78, 5) is 24.4. The molecule has 0 unspecified atom stereocenters. The van der Waals surface area contributed by atoms with Gasteiger partial charge in [-0.05, 0) is 55.0 Å². The Kier molecular flexibility index (Phi) is 5.84. The van der Waals surface area contributed by atoms with Crippen molar-refractivity contribution in [2.24, 2.45) is 0 Å². The molecule has 7 heteroatoms. The van der Waals surface area contributed by atoms with E-state index >= 15 is 0 Å². The van der Waals surface area contributed by atoms with E-state index in [1.807, 2.05) is 43.5 Å². The fraction of sp³-hybridized carbons (Fsp3) is 0.259. The molecule has 5 rings (SSSR count). The lowest BCUT2D eigenvalue weighted by Gasteiger charge is -2.17. The second-order valence-electron chi connectivity index (χ2n) is 8.62. The molecule has 0 saturated carbocycles. The predicted octanol–water partition coefficient (Wildman–Crippen LogP) is 4.41. The molecule has 0 atom stereocenters. The minimum Gasteiger partial charge on any atom is -0.497 e. The SMILES string of the molecule is COc1cccc(CN(C)C(=O)c2cnn(-c3ncc4c(n3)-c3ccccc3CCC4)c2C)c1. The van der Waals surface area contributed by atoms with Gasteiger partial charge < -0.3 is 9.64 Å². The van der Waals surface area contributed by atoms with Gasteiger partial charge >= 0.3 is 0 Å². The predicted molar refractivity (Wildman–Crippen MR) is 130 cm³/mol. The highest BCUT2D eigenvalue weighted by Crippen LogP contribution is 2.31. The standard InChI is InChI=1S/C27H27N5O2/c1-18-24(26(33)31(2)17-19-8-6-12-22(14-19)34-3)16-29-32(18)27-28-15-21-11-7-10-20-9-4-5-13-23(20)25(21)30-27/h4-6,8-9,12-16H,7,10-11,17H2,1-3H3. The molecule has 7 nitrogen and oxygen atoms in total. The maximum atomic E-state index is 13.2. The number of hydrogen-bond donors (Lipinski definition) is 0. The molecule has 1 aliphatic carbocycles. The van der Waals surface area contributed by atoms with Gasteiger partial charge in [0.05, 0.1) is 30.3 Å². The Morgan fingerprint density at radius 1 is 1.09 bits per heavy atom. The molecule has 0 radical (unpaired) electrons. The Balaban J connectivity index is 1.44. The molecule has 1 amide bonds. The highest BCUT2D eigenvalue weighted by Gasteiger charge is 2.22. The van der Waals surface area contributed by atoms with Gasteiger partial charge in [-0.1, -0.05) is 36.4 Å². The zero-order chi connectivity index (χ0) is 23.7. The summed E-state index contributed by atoms with van der Waals surface area (Å²) in [5, 5.41) is 4.48. The van der Waals surface area contributed by atoms with Crippen molar-refractivity contribution in [2.45, 2.75) is 32.7 Å². The van der Waals surface area contributed by atoms with Crippen LogP contribution in [-0.4, -0.2) is 44.7 Å². The first-order valence-electron chi connectivity index (χ1n) is 11.4. The van der Waals surface area contributed by atoms with Crippen LogP contribution in [-0.2, 0) is 19.4 Å². The number of fused-ring (bicyclic) bond motifs is 3. The molecule has 0 fully saturated rings. The van der Waals surface area contributed by atoms with Crippen LogP contribution in [0.15, 0.2) is 60.9 Å². The second-order valence-corrected chi connectivity index (χ2v) is 8.62. The van der Waals surface area contributed by atoms with Crippen LogP contribution in [0.1, 0.15) is 39.2 Å². The molecule has 172 valence electrons. The van der Waals surface area contributed by atoms with E-state index in [1.54, 1.807) is 29.9 Å². The van der Waals surface area contributed by atoms with Crippen molar-refractivity contribution in [3.63, 3.8) is 0 Å². The van der Waals surface area contributed by atoms with Crippen molar-refractivity contribution >= 4 is 5.91 Å². The average Bonchev–Trinajstić information content (AvgIpc) is 3.14. The number of hydrogen-bond acceptors (Lipinski definition) is 5. The minimum absolute atomic E-state index is 0.105. The summed E-state index contributed by atoms with van der Waals surface area (Å²) in [6, 6.07) is 16.1. The van der Waals surface area contributed by atoms with Crippen molar-refractivity contribution in [1.29, 1.82) is 0 Å². The number of nitrogens with zero attached hydrogens (tertiary/aromatic N) is 5. The quantitative estimate of drug-likeness (QED) is 0.448. The molecule has 0 spiro atoms. The Bertz CT molecular complexity index is 1360. The molecule has 1 aliphatic rings. The van der Waals surface area contributed by atoms with Crippen LogP contribution in [0.2, 0.25) is 0 Å². The van der Waals surface area contributed by atoms with Crippen LogP contribution in [0.3, 0.4) is 0 Å². The Morgan fingerprint density at radius 3 is 2.76 bits per heavy atom. The first-order chi connectivity index (χ1) is 16.5. The lowest BCUT2D eigenvalue weighted by Crippen LogP contribution is -2.26. The fourth-order valence-corrected chi connectivity index (χ4v) is 4.50. The number of ether oxygens (including phenoxy) is 1. The highest BCUT2D eigenvalue weighted by atomic mass is 16.5. The van der Waals surface area contributed by atoms with E-state index in [2.05, 4.69) is 28.3 Å². The number of benzene rings is 2. The van der Waals surface area contributed by atoms with E-state index in [-0.39, 0.29) is 5.91 Å². The molecule has 2 heterocycles. The average molecular weight is 454 g/mol. The largest absolute Gasteiger partial charge is 0.497 e. The Morgan fingerprint density at radius 2 is 1.91 bits per heavy atom. The monoisotopic (exact) mass is 453 g/mol. The van der Waals surface area contributed by atoms with Crippen molar-refractivity contribution in [2.75, 3.05) is 14.2 Å². The zero-order valence-corrected chi connectivity index (χ0v) is 19.7. The van der Waals surface area contributed by atoms with E-state index < -0.39 is 0 Å². The van der Waals surface area contributed by atoms with E-state index in [4.69, 9.17) is 9.72 Å². The van der Waals surface area contributed by atoms with Crippen LogP contribution >= 0.6 is 0 Å². The molecule has 0 bridgehead atoms. The van der Waals surface area contributed by atoms with E-state index in [9.17, 15) is 4.79 Å². The molecule has 4 aromatic rings. The van der Waals surface area contributed by atoms with Crippen LogP contribution < -0.4 is 4.74 Å². The zero-order valence-electron chi connectivity index (χ0n) is 19.7. The number of amides is 1. The maximum absolute atomic E-state index is 13.2. The summed E-state index contributed by atoms with van der Waals surface area (Å²) < 4.78 is 6.94.